The monoisotopic (exact) mass is 346 g/mol. The first-order valence-corrected chi connectivity index (χ1v) is 9.33. The van der Waals surface area contributed by atoms with Crippen molar-refractivity contribution in [2.45, 2.75) is 25.8 Å². The quantitative estimate of drug-likeness (QED) is 0.884. The van der Waals surface area contributed by atoms with Gasteiger partial charge >= 0.3 is 0 Å². The number of likely N-dealkylation sites (tertiary alicyclic amines) is 1. The first-order valence-electron chi connectivity index (χ1n) is 8.45. The van der Waals surface area contributed by atoms with Gasteiger partial charge in [0.15, 0.2) is 0 Å². The van der Waals surface area contributed by atoms with Crippen molar-refractivity contribution in [1.82, 2.24) is 10.2 Å². The Hall–Kier alpha value is -1.72. The summed E-state index contributed by atoms with van der Waals surface area (Å²) in [6, 6.07) is 10.4. The Labute approximate surface area is 146 Å². The fourth-order valence-electron chi connectivity index (χ4n) is 3.16. The van der Waals surface area contributed by atoms with E-state index in [9.17, 15) is 9.18 Å². The summed E-state index contributed by atoms with van der Waals surface area (Å²) in [5.41, 5.74) is 0.106. The largest absolute Gasteiger partial charge is 0.350 e. The Kier molecular flexibility index (Phi) is 5.63. The van der Waals surface area contributed by atoms with E-state index in [2.05, 4.69) is 28.6 Å². The van der Waals surface area contributed by atoms with Gasteiger partial charge in [-0.3, -0.25) is 9.69 Å². The number of rotatable bonds is 5. The molecule has 1 aromatic heterocycles. The second-order valence-electron chi connectivity index (χ2n) is 6.44. The second kappa shape index (κ2) is 7.90. The number of amides is 1. The van der Waals surface area contributed by atoms with E-state index in [0.29, 0.717) is 6.54 Å². The van der Waals surface area contributed by atoms with Crippen molar-refractivity contribution in [3.8, 4) is 0 Å². The van der Waals surface area contributed by atoms with Gasteiger partial charge < -0.3 is 5.32 Å². The van der Waals surface area contributed by atoms with E-state index >= 15 is 0 Å². The summed E-state index contributed by atoms with van der Waals surface area (Å²) in [6.07, 6.45) is 2.37. The van der Waals surface area contributed by atoms with Crippen LogP contribution in [0.1, 0.15) is 41.0 Å². The summed E-state index contributed by atoms with van der Waals surface area (Å²) in [5.74, 6) is -0.0623. The number of nitrogens with one attached hydrogen (secondary N) is 1. The third-order valence-corrected chi connectivity index (χ3v) is 5.68. The van der Waals surface area contributed by atoms with Gasteiger partial charge in [0, 0.05) is 11.4 Å². The number of carbonyl (C=O) groups excluding carboxylic acids is 1. The van der Waals surface area contributed by atoms with Gasteiger partial charge in [0.05, 0.1) is 11.6 Å². The van der Waals surface area contributed by atoms with Crippen LogP contribution in [0.25, 0.3) is 0 Å². The van der Waals surface area contributed by atoms with Crippen molar-refractivity contribution in [3.05, 3.63) is 58.0 Å². The first-order chi connectivity index (χ1) is 11.6. The molecular formula is C19H23FN2OS. The molecule has 128 valence electrons. The fourth-order valence-corrected chi connectivity index (χ4v) is 4.02. The van der Waals surface area contributed by atoms with E-state index in [1.165, 1.54) is 29.9 Å². The number of benzene rings is 1. The van der Waals surface area contributed by atoms with E-state index in [1.54, 1.807) is 23.5 Å². The lowest BCUT2D eigenvalue weighted by molar-refractivity contribution is 0.0911. The van der Waals surface area contributed by atoms with E-state index in [4.69, 9.17) is 0 Å². The molecule has 0 aliphatic carbocycles. The smallest absolute Gasteiger partial charge is 0.254 e. The molecule has 1 atom stereocenters. The molecular weight excluding hydrogens is 323 g/mol. The van der Waals surface area contributed by atoms with Gasteiger partial charge in [0.2, 0.25) is 0 Å². The molecule has 0 radical (unpaired) electrons. The molecule has 1 N–H and O–H groups in total. The third kappa shape index (κ3) is 4.02. The van der Waals surface area contributed by atoms with Crippen LogP contribution >= 0.6 is 11.3 Å². The number of carbonyl (C=O) groups is 1. The number of hydrogen-bond donors (Lipinski definition) is 1. The highest BCUT2D eigenvalue weighted by molar-refractivity contribution is 7.10. The predicted octanol–water partition coefficient (Wildman–Crippen LogP) is 4.09. The molecule has 1 amide bonds. The number of hydrogen-bond acceptors (Lipinski definition) is 3. The van der Waals surface area contributed by atoms with Gasteiger partial charge in [-0.1, -0.05) is 25.1 Å². The molecule has 3 rings (SSSR count). The molecule has 1 aliphatic rings. The highest BCUT2D eigenvalue weighted by Gasteiger charge is 2.26. The molecule has 5 heteroatoms. The van der Waals surface area contributed by atoms with Crippen molar-refractivity contribution >= 4 is 17.2 Å². The Bertz CT molecular complexity index is 666. The van der Waals surface area contributed by atoms with E-state index < -0.39 is 5.82 Å². The molecule has 0 saturated carbocycles. The van der Waals surface area contributed by atoms with E-state index in [0.717, 1.165) is 19.0 Å². The highest BCUT2D eigenvalue weighted by Crippen LogP contribution is 2.29. The van der Waals surface area contributed by atoms with Crippen LogP contribution in [0.4, 0.5) is 4.39 Å². The lowest BCUT2D eigenvalue weighted by atomic mass is 9.97. The second-order valence-corrected chi connectivity index (χ2v) is 7.42. The zero-order valence-corrected chi connectivity index (χ0v) is 14.7. The lowest BCUT2D eigenvalue weighted by Crippen LogP contribution is -2.41. The molecule has 3 nitrogen and oxygen atoms in total. The summed E-state index contributed by atoms with van der Waals surface area (Å²) in [5, 5.41) is 4.99. The van der Waals surface area contributed by atoms with Gasteiger partial charge in [-0.2, -0.15) is 0 Å². The minimum Gasteiger partial charge on any atom is -0.350 e. The average Bonchev–Trinajstić information content (AvgIpc) is 3.11. The minimum absolute atomic E-state index is 0.106. The van der Waals surface area contributed by atoms with Crippen molar-refractivity contribution in [1.29, 1.82) is 0 Å². The van der Waals surface area contributed by atoms with Gasteiger partial charge in [-0.05, 0) is 55.4 Å². The normalized spacial score (nSPS) is 17.6. The van der Waals surface area contributed by atoms with E-state index in [-0.39, 0.29) is 17.5 Å². The molecule has 2 aromatic rings. The molecule has 24 heavy (non-hydrogen) atoms. The summed E-state index contributed by atoms with van der Waals surface area (Å²) in [4.78, 5) is 16.0. The Morgan fingerprint density at radius 1 is 1.29 bits per heavy atom. The maximum absolute atomic E-state index is 13.8. The third-order valence-electron chi connectivity index (χ3n) is 4.71. The zero-order chi connectivity index (χ0) is 16.9. The van der Waals surface area contributed by atoms with Crippen LogP contribution < -0.4 is 5.32 Å². The molecule has 1 saturated heterocycles. The van der Waals surface area contributed by atoms with Crippen LogP contribution in [0.2, 0.25) is 0 Å². The number of nitrogens with zero attached hydrogens (tertiary/aromatic N) is 1. The number of piperidine rings is 1. The van der Waals surface area contributed by atoms with Gasteiger partial charge in [0.1, 0.15) is 5.82 Å². The maximum atomic E-state index is 13.8. The van der Waals surface area contributed by atoms with Crippen molar-refractivity contribution in [2.75, 3.05) is 19.6 Å². The van der Waals surface area contributed by atoms with Crippen molar-refractivity contribution < 1.29 is 9.18 Å². The van der Waals surface area contributed by atoms with Crippen LogP contribution in [0.15, 0.2) is 41.8 Å². The summed E-state index contributed by atoms with van der Waals surface area (Å²) >= 11 is 1.71. The average molecular weight is 346 g/mol. The van der Waals surface area contributed by atoms with Crippen molar-refractivity contribution in [2.24, 2.45) is 5.92 Å². The van der Waals surface area contributed by atoms with Crippen LogP contribution in [0, 0.1) is 11.7 Å². The van der Waals surface area contributed by atoms with Gasteiger partial charge in [-0.25, -0.2) is 4.39 Å². The van der Waals surface area contributed by atoms with E-state index in [1.807, 2.05) is 6.07 Å². The summed E-state index contributed by atoms with van der Waals surface area (Å²) in [6.45, 7) is 4.87. The SMILES string of the molecule is CC1CCN(C(CNC(=O)c2ccccc2F)c2cccs2)CC1. The topological polar surface area (TPSA) is 32.3 Å². The van der Waals surface area contributed by atoms with Gasteiger partial charge in [-0.15, -0.1) is 11.3 Å². The Morgan fingerprint density at radius 2 is 2.04 bits per heavy atom. The summed E-state index contributed by atoms with van der Waals surface area (Å²) < 4.78 is 13.8. The minimum atomic E-state index is -0.477. The van der Waals surface area contributed by atoms with Crippen LogP contribution in [-0.4, -0.2) is 30.4 Å². The Balaban J connectivity index is 1.68. The van der Waals surface area contributed by atoms with Crippen molar-refractivity contribution in [3.63, 3.8) is 0 Å². The molecule has 2 heterocycles. The first kappa shape index (κ1) is 17.1. The molecule has 1 unspecified atom stereocenters. The van der Waals surface area contributed by atoms with Crippen LogP contribution in [0.5, 0.6) is 0 Å². The standard InChI is InChI=1S/C19H23FN2OS/c1-14-8-10-22(11-9-14)17(18-7-4-12-24-18)13-21-19(23)15-5-2-3-6-16(15)20/h2-7,12,14,17H,8-11,13H2,1H3,(H,21,23). The summed E-state index contributed by atoms with van der Waals surface area (Å²) in [7, 11) is 0. The fraction of sp³-hybridized carbons (Fsp3) is 0.421. The zero-order valence-electron chi connectivity index (χ0n) is 13.9. The highest BCUT2D eigenvalue weighted by atomic mass is 32.1. The van der Waals surface area contributed by atoms with Crippen LogP contribution in [0.3, 0.4) is 0 Å². The lowest BCUT2D eigenvalue weighted by Gasteiger charge is -2.36. The number of halogens is 1. The van der Waals surface area contributed by atoms with Crippen LogP contribution in [-0.2, 0) is 0 Å². The maximum Gasteiger partial charge on any atom is 0.254 e. The van der Waals surface area contributed by atoms with Gasteiger partial charge in [0.25, 0.3) is 5.91 Å². The molecule has 1 aliphatic heterocycles. The molecule has 0 bridgehead atoms. The predicted molar refractivity (Wildman–Crippen MR) is 95.8 cm³/mol. The molecule has 1 aromatic carbocycles. The molecule has 1 fully saturated rings. The Morgan fingerprint density at radius 3 is 2.71 bits per heavy atom. The number of thiophene rings is 1. The molecule has 0 spiro atoms.